The van der Waals surface area contributed by atoms with Crippen molar-refractivity contribution in [2.45, 2.75) is 25.6 Å². The first-order valence-corrected chi connectivity index (χ1v) is 9.91. The second-order valence-electron chi connectivity index (χ2n) is 6.65. The molecule has 0 amide bonds. The zero-order valence-corrected chi connectivity index (χ0v) is 17.3. The minimum atomic E-state index is -4.84. The van der Waals surface area contributed by atoms with E-state index in [1.165, 1.54) is 13.0 Å². The lowest BCUT2D eigenvalue weighted by atomic mass is 10.0. The van der Waals surface area contributed by atoms with E-state index in [2.05, 4.69) is 4.37 Å². The molecule has 1 aromatic heterocycles. The molecule has 1 N–H and O–H groups in total. The first-order chi connectivity index (χ1) is 14.5. The van der Waals surface area contributed by atoms with Crippen molar-refractivity contribution in [1.82, 2.24) is 4.37 Å². The molecule has 0 spiro atoms. The van der Waals surface area contributed by atoms with Gasteiger partial charge in [0.1, 0.15) is 17.3 Å². The Balaban J connectivity index is 2.01. The number of ether oxygens (including phenoxy) is 1. The van der Waals surface area contributed by atoms with Crippen molar-refractivity contribution in [3.63, 3.8) is 0 Å². The highest BCUT2D eigenvalue weighted by Gasteiger charge is 2.38. The molecule has 166 valence electrons. The van der Waals surface area contributed by atoms with Gasteiger partial charge in [0.25, 0.3) is 0 Å². The van der Waals surface area contributed by atoms with Gasteiger partial charge < -0.3 is 9.84 Å². The number of nitrogens with zero attached hydrogens (tertiary/aromatic N) is 1. The number of alkyl halides is 3. The maximum absolute atomic E-state index is 14.3. The SMILES string of the molecule is CC(CO)c1cc(F)c(OCc2c(-c3ccc(Cl)cc3F)nsc2C(F)(F)F)c(F)c1. The van der Waals surface area contributed by atoms with Crippen molar-refractivity contribution in [1.29, 1.82) is 0 Å². The third-order valence-corrected chi connectivity index (χ3v) is 5.63. The fourth-order valence-corrected chi connectivity index (χ4v) is 3.73. The normalized spacial score (nSPS) is 12.8. The average molecular weight is 482 g/mol. The molecule has 0 saturated carbocycles. The maximum Gasteiger partial charge on any atom is 0.427 e. The molecule has 1 heterocycles. The molecule has 0 bridgehead atoms. The highest BCUT2D eigenvalue weighted by atomic mass is 35.5. The van der Waals surface area contributed by atoms with Crippen molar-refractivity contribution >= 4 is 23.1 Å². The largest absolute Gasteiger partial charge is 0.483 e. The fourth-order valence-electron chi connectivity index (χ4n) is 2.81. The molecule has 0 aliphatic carbocycles. The lowest BCUT2D eigenvalue weighted by Crippen LogP contribution is -2.10. The molecule has 3 nitrogen and oxygen atoms in total. The monoisotopic (exact) mass is 481 g/mol. The minimum Gasteiger partial charge on any atom is -0.483 e. The van der Waals surface area contributed by atoms with Crippen LogP contribution in [-0.4, -0.2) is 16.1 Å². The van der Waals surface area contributed by atoms with E-state index in [0.29, 0.717) is 0 Å². The molecule has 0 radical (unpaired) electrons. The van der Waals surface area contributed by atoms with Gasteiger partial charge in [0.15, 0.2) is 17.4 Å². The summed E-state index contributed by atoms with van der Waals surface area (Å²) >= 11 is 5.76. The number of benzene rings is 2. The van der Waals surface area contributed by atoms with Gasteiger partial charge >= 0.3 is 6.18 Å². The zero-order valence-electron chi connectivity index (χ0n) is 15.7. The van der Waals surface area contributed by atoms with Crippen LogP contribution in [0.4, 0.5) is 26.3 Å². The summed E-state index contributed by atoms with van der Waals surface area (Å²) in [6.45, 7) is 0.268. The van der Waals surface area contributed by atoms with Gasteiger partial charge in [-0.1, -0.05) is 18.5 Å². The second kappa shape index (κ2) is 9.05. The Morgan fingerprint density at radius 1 is 1.10 bits per heavy atom. The number of hydrogen-bond donors (Lipinski definition) is 1. The summed E-state index contributed by atoms with van der Waals surface area (Å²) < 4.78 is 92.0. The third kappa shape index (κ3) is 4.97. The summed E-state index contributed by atoms with van der Waals surface area (Å²) in [4.78, 5) is -1.18. The van der Waals surface area contributed by atoms with Crippen LogP contribution in [0.1, 0.15) is 28.8 Å². The molecule has 0 saturated heterocycles. The molecule has 31 heavy (non-hydrogen) atoms. The summed E-state index contributed by atoms with van der Waals surface area (Å²) in [5, 5.41) is 9.16. The molecule has 0 fully saturated rings. The van der Waals surface area contributed by atoms with E-state index in [9.17, 15) is 26.3 Å². The molecule has 3 aromatic rings. The Morgan fingerprint density at radius 3 is 2.29 bits per heavy atom. The summed E-state index contributed by atoms with van der Waals surface area (Å²) in [6.07, 6.45) is -4.84. The standard InChI is InChI=1S/C20H14ClF6NO2S/c1-9(7-29)10-4-15(23)18(16(24)5-10)30-8-13-17(28-31-19(13)20(25,26)27)12-3-2-11(21)6-14(12)22/h2-6,9,29H,7-8H2,1H3. The van der Waals surface area contributed by atoms with E-state index in [1.54, 1.807) is 0 Å². The Labute approximate surface area is 182 Å². The molecule has 1 atom stereocenters. The van der Waals surface area contributed by atoms with Gasteiger partial charge in [0.05, 0.1) is 5.69 Å². The highest BCUT2D eigenvalue weighted by Crippen LogP contribution is 2.41. The minimum absolute atomic E-state index is 0.0339. The molecule has 3 rings (SSSR count). The van der Waals surface area contributed by atoms with Crippen LogP contribution >= 0.6 is 23.1 Å². The average Bonchev–Trinajstić information content (AvgIpc) is 3.10. The quantitative estimate of drug-likeness (QED) is 0.405. The van der Waals surface area contributed by atoms with Crippen LogP contribution < -0.4 is 4.74 Å². The van der Waals surface area contributed by atoms with Crippen LogP contribution in [-0.2, 0) is 12.8 Å². The van der Waals surface area contributed by atoms with Crippen molar-refractivity contribution in [3.05, 3.63) is 68.8 Å². The Kier molecular flexibility index (Phi) is 6.82. The van der Waals surface area contributed by atoms with E-state index < -0.39 is 52.3 Å². The number of aliphatic hydroxyl groups is 1. The van der Waals surface area contributed by atoms with Gasteiger partial charge in [-0.15, -0.1) is 0 Å². The predicted molar refractivity (Wildman–Crippen MR) is 104 cm³/mol. The van der Waals surface area contributed by atoms with E-state index in [4.69, 9.17) is 21.4 Å². The van der Waals surface area contributed by atoms with Crippen LogP contribution in [0.2, 0.25) is 5.02 Å². The van der Waals surface area contributed by atoms with Crippen molar-refractivity contribution < 1.29 is 36.2 Å². The van der Waals surface area contributed by atoms with Gasteiger partial charge in [-0.05, 0) is 47.4 Å². The maximum atomic E-state index is 14.3. The number of aliphatic hydroxyl groups excluding tert-OH is 1. The number of hydrogen-bond acceptors (Lipinski definition) is 4. The summed E-state index contributed by atoms with van der Waals surface area (Å²) in [6, 6.07) is 5.19. The van der Waals surface area contributed by atoms with Gasteiger partial charge in [0.2, 0.25) is 0 Å². The van der Waals surface area contributed by atoms with Gasteiger partial charge in [0, 0.05) is 28.7 Å². The molecule has 0 aliphatic heterocycles. The van der Waals surface area contributed by atoms with Crippen LogP contribution in [0.5, 0.6) is 5.75 Å². The lowest BCUT2D eigenvalue weighted by molar-refractivity contribution is -0.135. The first kappa shape index (κ1) is 23.4. The number of rotatable bonds is 6. The van der Waals surface area contributed by atoms with Gasteiger partial charge in [-0.25, -0.2) is 13.2 Å². The number of halogens is 7. The summed E-state index contributed by atoms with van der Waals surface area (Å²) in [7, 11) is 0. The predicted octanol–water partition coefficient (Wildman–Crippen LogP) is 6.57. The van der Waals surface area contributed by atoms with Crippen LogP contribution in [0.3, 0.4) is 0 Å². The number of aromatic nitrogens is 1. The highest BCUT2D eigenvalue weighted by molar-refractivity contribution is 7.06. The summed E-state index contributed by atoms with van der Waals surface area (Å²) in [5.74, 6) is -4.66. The van der Waals surface area contributed by atoms with Crippen molar-refractivity contribution in [2.24, 2.45) is 0 Å². The van der Waals surface area contributed by atoms with E-state index in [-0.39, 0.29) is 40.0 Å². The molecule has 11 heteroatoms. The summed E-state index contributed by atoms with van der Waals surface area (Å²) in [5.41, 5.74) is -1.03. The zero-order chi connectivity index (χ0) is 22.9. The molecular weight excluding hydrogens is 468 g/mol. The third-order valence-electron chi connectivity index (χ3n) is 4.46. The second-order valence-corrected chi connectivity index (χ2v) is 7.86. The Morgan fingerprint density at radius 2 is 1.74 bits per heavy atom. The van der Waals surface area contributed by atoms with Gasteiger partial charge in [-0.3, -0.25) is 0 Å². The first-order valence-electron chi connectivity index (χ1n) is 8.76. The lowest BCUT2D eigenvalue weighted by Gasteiger charge is -2.14. The molecular formula is C20H14ClF6NO2S. The van der Waals surface area contributed by atoms with E-state index in [1.807, 2.05) is 0 Å². The Hall–Kier alpha value is -2.30. The van der Waals surface area contributed by atoms with E-state index in [0.717, 1.165) is 24.3 Å². The van der Waals surface area contributed by atoms with Crippen molar-refractivity contribution in [2.75, 3.05) is 6.61 Å². The molecule has 1 unspecified atom stereocenters. The smallest absolute Gasteiger partial charge is 0.427 e. The van der Waals surface area contributed by atoms with Crippen LogP contribution in [0.25, 0.3) is 11.3 Å². The fraction of sp³-hybridized carbons (Fsp3) is 0.250. The topological polar surface area (TPSA) is 42.4 Å². The van der Waals surface area contributed by atoms with Crippen molar-refractivity contribution in [3.8, 4) is 17.0 Å². The van der Waals surface area contributed by atoms with Gasteiger partial charge in [-0.2, -0.15) is 17.5 Å². The van der Waals surface area contributed by atoms with Crippen LogP contribution in [0, 0.1) is 17.5 Å². The van der Waals surface area contributed by atoms with E-state index >= 15 is 0 Å². The van der Waals surface area contributed by atoms with Crippen LogP contribution in [0.15, 0.2) is 30.3 Å². The molecule has 0 aliphatic rings. The molecule has 2 aromatic carbocycles. The Bertz CT molecular complexity index is 1080.